The van der Waals surface area contributed by atoms with Gasteiger partial charge in [0.15, 0.2) is 0 Å². The Morgan fingerprint density at radius 1 is 1.35 bits per heavy atom. The number of benzene rings is 1. The third-order valence-corrected chi connectivity index (χ3v) is 2.36. The molecule has 0 aromatic heterocycles. The minimum atomic E-state index is -1.41. The lowest BCUT2D eigenvalue weighted by Gasteiger charge is -2.09. The molecule has 5 nitrogen and oxygen atoms in total. The summed E-state index contributed by atoms with van der Waals surface area (Å²) in [5.41, 5.74) is 0.799. The highest BCUT2D eigenvalue weighted by Crippen LogP contribution is 2.14. The maximum absolute atomic E-state index is 11.5. The zero-order valence-electron chi connectivity index (χ0n) is 8.78. The Bertz CT molecular complexity index is 425. The number of methoxy groups -OCH3 is 1. The number of carbonyl (C=O) groups is 2. The molecule has 1 rings (SSSR count). The van der Waals surface area contributed by atoms with Crippen LogP contribution in [-0.2, 0) is 14.4 Å². The standard InChI is InChI=1S/C10H9Cl2NO4/c1-16-10(15)8(12)17-13-9(14)6-4-2-3-5-7(6)11/h2-5,8H,1H3,(H,13,14). The van der Waals surface area contributed by atoms with Crippen LogP contribution < -0.4 is 5.48 Å². The molecule has 0 saturated carbocycles. The van der Waals surface area contributed by atoms with Gasteiger partial charge in [0.05, 0.1) is 17.7 Å². The SMILES string of the molecule is COC(=O)C(Cl)ONC(=O)c1ccccc1Cl. The van der Waals surface area contributed by atoms with Crippen LogP contribution in [0.5, 0.6) is 0 Å². The highest BCUT2D eigenvalue weighted by atomic mass is 35.5. The fourth-order valence-corrected chi connectivity index (χ4v) is 1.30. The summed E-state index contributed by atoms with van der Waals surface area (Å²) in [5.74, 6) is -1.42. The van der Waals surface area contributed by atoms with Crippen LogP contribution in [0.25, 0.3) is 0 Å². The summed E-state index contributed by atoms with van der Waals surface area (Å²) in [6.07, 6.45) is 0. The molecule has 0 spiro atoms. The highest BCUT2D eigenvalue weighted by Gasteiger charge is 2.19. The summed E-state index contributed by atoms with van der Waals surface area (Å²) >= 11 is 11.2. The van der Waals surface area contributed by atoms with E-state index in [1.165, 1.54) is 6.07 Å². The number of hydroxylamine groups is 1. The molecule has 92 valence electrons. The summed E-state index contributed by atoms with van der Waals surface area (Å²) in [6.45, 7) is 0. The minimum absolute atomic E-state index is 0.211. The van der Waals surface area contributed by atoms with Crippen LogP contribution in [0.1, 0.15) is 10.4 Å². The number of amides is 1. The zero-order valence-corrected chi connectivity index (χ0v) is 10.3. The first-order chi connectivity index (χ1) is 8.06. The molecular formula is C10H9Cl2NO4. The Labute approximate surface area is 108 Å². The quantitative estimate of drug-likeness (QED) is 0.517. The molecule has 1 atom stereocenters. The molecule has 1 amide bonds. The van der Waals surface area contributed by atoms with Crippen LogP contribution >= 0.6 is 23.2 Å². The Kier molecular flexibility index (Phi) is 5.21. The Balaban J connectivity index is 2.57. The van der Waals surface area contributed by atoms with Crippen molar-refractivity contribution in [3.63, 3.8) is 0 Å². The molecule has 0 heterocycles. The molecule has 0 fully saturated rings. The van der Waals surface area contributed by atoms with Crippen molar-refractivity contribution in [3.8, 4) is 0 Å². The van der Waals surface area contributed by atoms with Crippen molar-refractivity contribution in [2.75, 3.05) is 7.11 Å². The van der Waals surface area contributed by atoms with E-state index in [0.29, 0.717) is 0 Å². The average molecular weight is 278 g/mol. The molecular weight excluding hydrogens is 269 g/mol. The highest BCUT2D eigenvalue weighted by molar-refractivity contribution is 6.33. The molecule has 0 aliphatic heterocycles. The second-order valence-corrected chi connectivity index (χ2v) is 3.67. The van der Waals surface area contributed by atoms with E-state index >= 15 is 0 Å². The van der Waals surface area contributed by atoms with Crippen molar-refractivity contribution >= 4 is 35.1 Å². The van der Waals surface area contributed by atoms with Crippen molar-refractivity contribution in [3.05, 3.63) is 34.9 Å². The molecule has 0 saturated heterocycles. The summed E-state index contributed by atoms with van der Waals surface area (Å²) in [7, 11) is 1.15. The van der Waals surface area contributed by atoms with Crippen molar-refractivity contribution in [1.82, 2.24) is 5.48 Å². The van der Waals surface area contributed by atoms with Crippen LogP contribution in [0, 0.1) is 0 Å². The van der Waals surface area contributed by atoms with Crippen LogP contribution in [0.3, 0.4) is 0 Å². The third-order valence-electron chi connectivity index (χ3n) is 1.76. The summed E-state index contributed by atoms with van der Waals surface area (Å²) < 4.78 is 4.30. The van der Waals surface area contributed by atoms with Gasteiger partial charge in [-0.2, -0.15) is 0 Å². The summed E-state index contributed by atoms with van der Waals surface area (Å²) in [5, 5.41) is 0.262. The number of esters is 1. The normalized spacial score (nSPS) is 11.7. The molecule has 0 bridgehead atoms. The molecule has 7 heteroatoms. The van der Waals surface area contributed by atoms with Gasteiger partial charge in [0.25, 0.3) is 11.5 Å². The van der Waals surface area contributed by atoms with Crippen molar-refractivity contribution in [1.29, 1.82) is 0 Å². The van der Waals surface area contributed by atoms with Crippen LogP contribution in [0.15, 0.2) is 24.3 Å². The Morgan fingerprint density at radius 3 is 2.59 bits per heavy atom. The van der Waals surface area contributed by atoms with E-state index in [9.17, 15) is 9.59 Å². The summed E-state index contributed by atoms with van der Waals surface area (Å²) in [4.78, 5) is 27.0. The smallest absolute Gasteiger partial charge is 0.353 e. The predicted octanol–water partition coefficient (Wildman–Crippen LogP) is 1.74. The molecule has 17 heavy (non-hydrogen) atoms. The maximum Gasteiger partial charge on any atom is 0.353 e. The van der Waals surface area contributed by atoms with Gasteiger partial charge in [0.1, 0.15) is 0 Å². The second-order valence-electron chi connectivity index (χ2n) is 2.87. The Morgan fingerprint density at radius 2 is 2.00 bits per heavy atom. The Hall–Kier alpha value is -1.30. The van der Waals surface area contributed by atoms with E-state index in [-0.39, 0.29) is 10.6 Å². The summed E-state index contributed by atoms with van der Waals surface area (Å²) in [6, 6.07) is 6.37. The van der Waals surface area contributed by atoms with Crippen LogP contribution in [0.4, 0.5) is 0 Å². The fraction of sp³-hybridized carbons (Fsp3) is 0.200. The van der Waals surface area contributed by atoms with Crippen molar-refractivity contribution in [2.45, 2.75) is 5.56 Å². The minimum Gasteiger partial charge on any atom is -0.466 e. The number of hydrogen-bond acceptors (Lipinski definition) is 4. The van der Waals surface area contributed by atoms with Gasteiger partial charge in [0.2, 0.25) is 0 Å². The van der Waals surface area contributed by atoms with Gasteiger partial charge in [-0.25, -0.2) is 15.1 Å². The first-order valence-electron chi connectivity index (χ1n) is 4.48. The number of hydrogen-bond donors (Lipinski definition) is 1. The number of alkyl halides is 1. The molecule has 0 radical (unpaired) electrons. The number of nitrogens with one attached hydrogen (secondary N) is 1. The topological polar surface area (TPSA) is 64.6 Å². The van der Waals surface area contributed by atoms with E-state index in [1.807, 2.05) is 5.48 Å². The lowest BCUT2D eigenvalue weighted by Crippen LogP contribution is -2.31. The van der Waals surface area contributed by atoms with Crippen molar-refractivity contribution in [2.24, 2.45) is 0 Å². The maximum atomic E-state index is 11.5. The average Bonchev–Trinajstić information content (AvgIpc) is 2.35. The third kappa shape index (κ3) is 3.89. The molecule has 0 aliphatic rings. The largest absolute Gasteiger partial charge is 0.466 e. The van der Waals surface area contributed by atoms with Gasteiger partial charge in [0, 0.05) is 0 Å². The van der Waals surface area contributed by atoms with Gasteiger partial charge in [-0.15, -0.1) is 0 Å². The molecule has 1 N–H and O–H groups in total. The lowest BCUT2D eigenvalue weighted by atomic mass is 10.2. The zero-order chi connectivity index (χ0) is 12.8. The number of ether oxygens (including phenoxy) is 1. The van der Waals surface area contributed by atoms with Gasteiger partial charge >= 0.3 is 5.97 Å². The van der Waals surface area contributed by atoms with E-state index in [4.69, 9.17) is 23.2 Å². The van der Waals surface area contributed by atoms with Crippen LogP contribution in [0.2, 0.25) is 5.02 Å². The van der Waals surface area contributed by atoms with E-state index in [1.54, 1.807) is 18.2 Å². The number of halogens is 2. The van der Waals surface area contributed by atoms with Gasteiger partial charge < -0.3 is 4.74 Å². The van der Waals surface area contributed by atoms with Gasteiger partial charge in [-0.3, -0.25) is 4.79 Å². The van der Waals surface area contributed by atoms with E-state index < -0.39 is 17.4 Å². The fourth-order valence-electron chi connectivity index (χ4n) is 0.946. The molecule has 1 unspecified atom stereocenters. The van der Waals surface area contributed by atoms with Gasteiger partial charge in [-0.05, 0) is 12.1 Å². The van der Waals surface area contributed by atoms with E-state index in [0.717, 1.165) is 7.11 Å². The predicted molar refractivity (Wildman–Crippen MR) is 61.7 cm³/mol. The monoisotopic (exact) mass is 277 g/mol. The van der Waals surface area contributed by atoms with E-state index in [2.05, 4.69) is 9.57 Å². The van der Waals surface area contributed by atoms with Crippen LogP contribution in [-0.4, -0.2) is 24.5 Å². The molecule has 0 aliphatic carbocycles. The molecule has 1 aromatic carbocycles. The lowest BCUT2D eigenvalue weighted by molar-refractivity contribution is -0.151. The first-order valence-corrected chi connectivity index (χ1v) is 5.30. The van der Waals surface area contributed by atoms with Gasteiger partial charge in [-0.1, -0.05) is 35.3 Å². The first kappa shape index (κ1) is 13.8. The second kappa shape index (κ2) is 6.44. The number of carbonyl (C=O) groups excluding carboxylic acids is 2. The molecule has 1 aromatic rings. The number of rotatable bonds is 4. The van der Waals surface area contributed by atoms with Crippen molar-refractivity contribution < 1.29 is 19.2 Å².